The average molecular weight is 352 g/mol. The van der Waals surface area contributed by atoms with Gasteiger partial charge in [0, 0.05) is 18.0 Å². The van der Waals surface area contributed by atoms with E-state index in [1.165, 1.54) is 0 Å². The first kappa shape index (κ1) is 18.3. The Bertz CT molecular complexity index is 584. The van der Waals surface area contributed by atoms with E-state index in [0.717, 1.165) is 12.8 Å². The number of hydrogen-bond acceptors (Lipinski definition) is 5. The van der Waals surface area contributed by atoms with Crippen molar-refractivity contribution in [2.45, 2.75) is 76.0 Å². The molecule has 25 heavy (non-hydrogen) atoms. The summed E-state index contributed by atoms with van der Waals surface area (Å²) >= 11 is 0. The fourth-order valence-corrected chi connectivity index (χ4v) is 5.26. The first-order chi connectivity index (χ1) is 11.8. The van der Waals surface area contributed by atoms with Gasteiger partial charge in [0.2, 0.25) is 5.78 Å². The molecular weight excluding hydrogens is 324 g/mol. The quantitative estimate of drug-likeness (QED) is 0.476. The highest BCUT2D eigenvalue weighted by Crippen LogP contribution is 2.48. The van der Waals surface area contributed by atoms with Gasteiger partial charge in [0.1, 0.15) is 5.54 Å². The van der Waals surface area contributed by atoms with Crippen LogP contribution >= 0.6 is 0 Å². The summed E-state index contributed by atoms with van der Waals surface area (Å²) in [5, 5.41) is 14.9. The molecule has 1 amide bonds. The summed E-state index contributed by atoms with van der Waals surface area (Å²) < 4.78 is 5.34. The maximum Gasteiger partial charge on any atom is 0.360 e. The number of methoxy groups -OCH3 is 1. The maximum absolute atomic E-state index is 13.4. The van der Waals surface area contributed by atoms with E-state index in [-0.39, 0.29) is 12.0 Å². The molecule has 0 aromatic carbocycles. The summed E-state index contributed by atoms with van der Waals surface area (Å²) in [6.45, 7) is 3.98. The molecule has 3 rings (SSSR count). The molecule has 1 spiro atoms. The van der Waals surface area contributed by atoms with Gasteiger partial charge in [-0.15, -0.1) is 0 Å². The summed E-state index contributed by atoms with van der Waals surface area (Å²) in [6.07, 6.45) is 4.51. The molecule has 1 N–H and O–H groups in total. The summed E-state index contributed by atoms with van der Waals surface area (Å²) in [5.41, 5.74) is -3.20. The zero-order valence-electron chi connectivity index (χ0n) is 15.2. The fourth-order valence-electron chi connectivity index (χ4n) is 5.26. The molecule has 1 aliphatic heterocycles. The number of nitrogens with one attached hydrogen (secondary N) is 1. The van der Waals surface area contributed by atoms with Crippen molar-refractivity contribution >= 4 is 11.7 Å². The Labute approximate surface area is 148 Å². The number of carbonyl (C=O) groups is 2. The molecule has 3 fully saturated rings. The van der Waals surface area contributed by atoms with E-state index in [2.05, 4.69) is 5.32 Å². The Morgan fingerprint density at radius 3 is 2.36 bits per heavy atom. The molecule has 7 heteroatoms. The van der Waals surface area contributed by atoms with E-state index in [1.54, 1.807) is 7.11 Å². The van der Waals surface area contributed by atoms with Crippen LogP contribution in [-0.2, 0) is 14.3 Å². The number of amides is 1. The molecule has 4 atom stereocenters. The van der Waals surface area contributed by atoms with Crippen molar-refractivity contribution in [1.82, 2.24) is 5.32 Å². The van der Waals surface area contributed by atoms with Crippen molar-refractivity contribution < 1.29 is 19.2 Å². The molecule has 7 nitrogen and oxygen atoms in total. The van der Waals surface area contributed by atoms with Gasteiger partial charge in [0.15, 0.2) is 0 Å². The molecular formula is C18H28N2O5. The number of ketones is 1. The summed E-state index contributed by atoms with van der Waals surface area (Å²) in [7, 11) is 1.63. The molecule has 2 aliphatic carbocycles. The van der Waals surface area contributed by atoms with Crippen LogP contribution in [-0.4, -0.2) is 40.9 Å². The highest BCUT2D eigenvalue weighted by molar-refractivity contribution is 6.20. The Morgan fingerprint density at radius 2 is 1.80 bits per heavy atom. The fraction of sp³-hybridized carbons (Fsp3) is 0.889. The third kappa shape index (κ3) is 2.58. The number of Topliss-reactive ketones (excluding diaryl/α,β-unsaturated/α-hetero) is 1. The van der Waals surface area contributed by atoms with Crippen molar-refractivity contribution in [3.8, 4) is 0 Å². The summed E-state index contributed by atoms with van der Waals surface area (Å²) in [6, 6.07) is 0. The van der Waals surface area contributed by atoms with Gasteiger partial charge in [-0.3, -0.25) is 19.7 Å². The van der Waals surface area contributed by atoms with Gasteiger partial charge in [-0.2, -0.15) is 0 Å². The van der Waals surface area contributed by atoms with Gasteiger partial charge in [-0.1, -0.05) is 20.3 Å². The van der Waals surface area contributed by atoms with Crippen LogP contribution in [0, 0.1) is 27.9 Å². The zero-order valence-corrected chi connectivity index (χ0v) is 15.2. The molecule has 0 bridgehead atoms. The molecule has 1 heterocycles. The lowest BCUT2D eigenvalue weighted by atomic mass is 9.63. The van der Waals surface area contributed by atoms with Gasteiger partial charge in [-0.05, 0) is 50.4 Å². The van der Waals surface area contributed by atoms with Gasteiger partial charge in [0.05, 0.1) is 6.10 Å². The minimum Gasteiger partial charge on any atom is -0.381 e. The molecule has 0 radical (unpaired) electrons. The number of ether oxygens (including phenoxy) is 1. The largest absolute Gasteiger partial charge is 0.381 e. The Balaban J connectivity index is 1.98. The minimum absolute atomic E-state index is 0.0123. The van der Waals surface area contributed by atoms with Crippen LogP contribution < -0.4 is 5.32 Å². The van der Waals surface area contributed by atoms with Crippen molar-refractivity contribution in [1.29, 1.82) is 0 Å². The van der Waals surface area contributed by atoms with Crippen LogP contribution in [0.15, 0.2) is 0 Å². The van der Waals surface area contributed by atoms with Crippen molar-refractivity contribution in [3.63, 3.8) is 0 Å². The average Bonchev–Trinajstić information content (AvgIpc) is 2.79. The third-order valence-corrected chi connectivity index (χ3v) is 6.88. The van der Waals surface area contributed by atoms with Crippen molar-refractivity contribution in [2.24, 2.45) is 17.8 Å². The number of nitrogens with zero attached hydrogens (tertiary/aromatic N) is 1. The van der Waals surface area contributed by atoms with E-state index in [9.17, 15) is 19.7 Å². The smallest absolute Gasteiger partial charge is 0.360 e. The zero-order chi connectivity index (χ0) is 18.4. The Kier molecular flexibility index (Phi) is 4.64. The lowest BCUT2D eigenvalue weighted by molar-refractivity contribution is -0.547. The molecule has 4 unspecified atom stereocenters. The molecule has 0 aromatic rings. The SMILES string of the molecule is COC1CCC2(CC1)NC(=O)C(C1CC(C)CCC1C)([N+](=O)[O-])C2=O. The second-order valence-corrected chi connectivity index (χ2v) is 8.33. The summed E-state index contributed by atoms with van der Waals surface area (Å²) in [4.78, 5) is 37.9. The highest BCUT2D eigenvalue weighted by Gasteiger charge is 2.75. The number of nitro groups is 1. The monoisotopic (exact) mass is 352 g/mol. The van der Waals surface area contributed by atoms with Crippen LogP contribution in [0.3, 0.4) is 0 Å². The molecule has 140 valence electrons. The Hall–Kier alpha value is -1.50. The second kappa shape index (κ2) is 6.34. The van der Waals surface area contributed by atoms with Gasteiger partial charge >= 0.3 is 11.4 Å². The summed E-state index contributed by atoms with van der Waals surface area (Å²) in [5.74, 6) is -1.45. The lowest BCUT2D eigenvalue weighted by Gasteiger charge is -2.38. The number of rotatable bonds is 3. The highest BCUT2D eigenvalue weighted by atomic mass is 16.6. The van der Waals surface area contributed by atoms with Crippen molar-refractivity contribution in [2.75, 3.05) is 7.11 Å². The third-order valence-electron chi connectivity index (χ3n) is 6.88. The van der Waals surface area contributed by atoms with Crippen LogP contribution in [0.4, 0.5) is 0 Å². The van der Waals surface area contributed by atoms with E-state index >= 15 is 0 Å². The molecule has 2 saturated carbocycles. The van der Waals surface area contributed by atoms with E-state index in [4.69, 9.17) is 4.74 Å². The van der Waals surface area contributed by atoms with Crippen LogP contribution in [0.1, 0.15) is 58.8 Å². The number of carbonyl (C=O) groups excluding carboxylic acids is 2. The van der Waals surface area contributed by atoms with E-state index < -0.39 is 33.6 Å². The van der Waals surface area contributed by atoms with Crippen LogP contribution in [0.2, 0.25) is 0 Å². The molecule has 3 aliphatic rings. The first-order valence-electron chi connectivity index (χ1n) is 9.32. The molecule has 0 aromatic heterocycles. The van der Waals surface area contributed by atoms with Crippen LogP contribution in [0.25, 0.3) is 0 Å². The van der Waals surface area contributed by atoms with Gasteiger partial charge in [-0.25, -0.2) is 0 Å². The predicted molar refractivity (Wildman–Crippen MR) is 90.5 cm³/mol. The molecule has 1 saturated heterocycles. The van der Waals surface area contributed by atoms with Crippen LogP contribution in [0.5, 0.6) is 0 Å². The van der Waals surface area contributed by atoms with Gasteiger partial charge < -0.3 is 10.1 Å². The lowest BCUT2D eigenvalue weighted by Crippen LogP contribution is -2.60. The normalized spacial score (nSPS) is 44.8. The second-order valence-electron chi connectivity index (χ2n) is 8.33. The standard InChI is InChI=1S/C18H28N2O5/c1-11-4-5-12(2)14(10-11)18(20(23)24)15(21)17(19-16(18)22)8-6-13(25-3)7-9-17/h11-14H,4-10H2,1-3H3,(H,19,22). The first-order valence-corrected chi connectivity index (χ1v) is 9.32. The van der Waals surface area contributed by atoms with E-state index in [1.807, 2.05) is 13.8 Å². The number of hydrogen-bond donors (Lipinski definition) is 1. The van der Waals surface area contributed by atoms with Gasteiger partial charge in [0.25, 0.3) is 0 Å². The topological polar surface area (TPSA) is 98.5 Å². The minimum atomic E-state index is -2.12. The predicted octanol–water partition coefficient (Wildman–Crippen LogP) is 2.10. The maximum atomic E-state index is 13.4. The van der Waals surface area contributed by atoms with Crippen molar-refractivity contribution in [3.05, 3.63) is 10.1 Å². The van der Waals surface area contributed by atoms with E-state index in [0.29, 0.717) is 38.0 Å². The Morgan fingerprint density at radius 1 is 1.16 bits per heavy atom.